The van der Waals surface area contributed by atoms with Crippen molar-refractivity contribution in [3.63, 3.8) is 0 Å². The number of ether oxygens (including phenoxy) is 1. The Kier molecular flexibility index (Phi) is 4.02. The molecule has 3 rings (SSSR count). The van der Waals surface area contributed by atoms with Crippen LogP contribution in [0.5, 0.6) is 5.88 Å². The van der Waals surface area contributed by atoms with Crippen molar-refractivity contribution in [2.24, 2.45) is 0 Å². The fraction of sp³-hybridized carbons (Fsp3) is 0.200. The summed E-state index contributed by atoms with van der Waals surface area (Å²) < 4.78 is 38.8. The number of nitrogens with zero attached hydrogens (tertiary/aromatic N) is 2. The van der Waals surface area contributed by atoms with Crippen LogP contribution in [0.2, 0.25) is 0 Å². The number of nitrogens with one attached hydrogen (secondary N) is 1. The van der Waals surface area contributed by atoms with E-state index in [1.165, 1.54) is 36.1 Å². The van der Waals surface area contributed by atoms with Crippen LogP contribution in [0.3, 0.4) is 0 Å². The first-order valence-electron chi connectivity index (χ1n) is 7.11. The van der Waals surface area contributed by atoms with E-state index in [9.17, 15) is 13.2 Å². The van der Waals surface area contributed by atoms with Crippen LogP contribution in [0.4, 0.5) is 5.69 Å². The van der Waals surface area contributed by atoms with Crippen LogP contribution >= 0.6 is 0 Å². The topological polar surface area (TPSA) is 103 Å². The highest BCUT2D eigenvalue weighted by Crippen LogP contribution is 2.21. The quantitative estimate of drug-likeness (QED) is 0.753. The first kappa shape index (κ1) is 16.1. The van der Waals surface area contributed by atoms with E-state index in [2.05, 4.69) is 9.71 Å². The molecular formula is C15H15N3O5S. The zero-order valence-electron chi connectivity index (χ0n) is 13.0. The molecule has 0 amide bonds. The number of anilines is 1. The Morgan fingerprint density at radius 3 is 2.71 bits per heavy atom. The number of pyridine rings is 1. The summed E-state index contributed by atoms with van der Waals surface area (Å²) in [4.78, 5) is 15.6. The van der Waals surface area contributed by atoms with Crippen molar-refractivity contribution in [2.45, 2.75) is 18.4 Å². The third kappa shape index (κ3) is 2.85. The highest BCUT2D eigenvalue weighted by atomic mass is 32.2. The maximum absolute atomic E-state index is 12.5. The molecule has 0 bridgehead atoms. The molecule has 2 aromatic heterocycles. The molecule has 0 aliphatic heterocycles. The highest BCUT2D eigenvalue weighted by Gasteiger charge is 2.17. The van der Waals surface area contributed by atoms with Crippen LogP contribution in [0.25, 0.3) is 11.1 Å². The van der Waals surface area contributed by atoms with Crippen molar-refractivity contribution < 1.29 is 17.6 Å². The summed E-state index contributed by atoms with van der Waals surface area (Å²) in [5, 5.41) is 0. The van der Waals surface area contributed by atoms with Gasteiger partial charge < -0.3 is 9.15 Å². The second kappa shape index (κ2) is 6.00. The third-order valence-corrected chi connectivity index (χ3v) is 4.84. The standard InChI is InChI=1S/C15H15N3O5S/c1-3-18-12-6-5-11(8-13(12)23-15(18)19)24(20,21)17-10-4-7-14(22-2)16-9-10/h4-9,17H,3H2,1-2H3. The summed E-state index contributed by atoms with van der Waals surface area (Å²) in [6.07, 6.45) is 1.35. The predicted octanol–water partition coefficient (Wildman–Crippen LogP) is 1.82. The molecule has 0 aliphatic carbocycles. The van der Waals surface area contributed by atoms with Crippen LogP contribution < -0.4 is 15.2 Å². The van der Waals surface area contributed by atoms with Gasteiger partial charge in [-0.1, -0.05) is 0 Å². The molecule has 1 N–H and O–H groups in total. The molecule has 1 aromatic carbocycles. The van der Waals surface area contributed by atoms with Gasteiger partial charge in [-0.3, -0.25) is 9.29 Å². The summed E-state index contributed by atoms with van der Waals surface area (Å²) in [6, 6.07) is 7.37. The molecule has 0 spiro atoms. The Labute approximate surface area is 137 Å². The van der Waals surface area contributed by atoms with Gasteiger partial charge in [0.25, 0.3) is 10.0 Å². The third-order valence-electron chi connectivity index (χ3n) is 3.46. The van der Waals surface area contributed by atoms with Gasteiger partial charge in [0.05, 0.1) is 29.4 Å². The van der Waals surface area contributed by atoms with E-state index in [4.69, 9.17) is 9.15 Å². The Hall–Kier alpha value is -2.81. The van der Waals surface area contributed by atoms with Crippen molar-refractivity contribution in [1.82, 2.24) is 9.55 Å². The first-order valence-corrected chi connectivity index (χ1v) is 8.59. The van der Waals surface area contributed by atoms with E-state index < -0.39 is 15.8 Å². The molecule has 0 aliphatic rings. The maximum atomic E-state index is 12.5. The molecule has 3 aromatic rings. The monoisotopic (exact) mass is 349 g/mol. The fourth-order valence-corrected chi connectivity index (χ4v) is 3.35. The van der Waals surface area contributed by atoms with Crippen molar-refractivity contribution in [2.75, 3.05) is 11.8 Å². The number of benzene rings is 1. The minimum atomic E-state index is -3.84. The minimum absolute atomic E-state index is 0.0113. The second-order valence-electron chi connectivity index (χ2n) is 4.94. The highest BCUT2D eigenvalue weighted by molar-refractivity contribution is 7.92. The van der Waals surface area contributed by atoms with E-state index in [0.717, 1.165) is 0 Å². The molecule has 0 saturated carbocycles. The Balaban J connectivity index is 1.96. The van der Waals surface area contributed by atoms with Gasteiger partial charge in [-0.2, -0.15) is 0 Å². The molecule has 0 unspecified atom stereocenters. The fourth-order valence-electron chi connectivity index (χ4n) is 2.29. The number of oxazole rings is 1. The van der Waals surface area contributed by atoms with Crippen molar-refractivity contribution >= 4 is 26.8 Å². The molecule has 2 heterocycles. The molecule has 8 nitrogen and oxygen atoms in total. The lowest BCUT2D eigenvalue weighted by atomic mass is 10.3. The Morgan fingerprint density at radius 2 is 2.08 bits per heavy atom. The average Bonchev–Trinajstić information content (AvgIpc) is 2.89. The molecule has 24 heavy (non-hydrogen) atoms. The molecule has 0 atom stereocenters. The Morgan fingerprint density at radius 1 is 1.29 bits per heavy atom. The number of sulfonamides is 1. The van der Waals surface area contributed by atoms with E-state index in [0.29, 0.717) is 23.6 Å². The average molecular weight is 349 g/mol. The summed E-state index contributed by atoms with van der Waals surface area (Å²) in [5.41, 5.74) is 1.06. The number of aromatic nitrogens is 2. The number of hydrogen-bond acceptors (Lipinski definition) is 6. The summed E-state index contributed by atoms with van der Waals surface area (Å²) >= 11 is 0. The molecular weight excluding hydrogens is 334 g/mol. The number of rotatable bonds is 5. The summed E-state index contributed by atoms with van der Waals surface area (Å²) in [6.45, 7) is 2.24. The second-order valence-corrected chi connectivity index (χ2v) is 6.62. The minimum Gasteiger partial charge on any atom is -0.481 e. The van der Waals surface area contributed by atoms with E-state index >= 15 is 0 Å². The number of hydrogen-bond donors (Lipinski definition) is 1. The van der Waals surface area contributed by atoms with Crippen LogP contribution in [0.1, 0.15) is 6.92 Å². The zero-order valence-corrected chi connectivity index (χ0v) is 13.8. The van der Waals surface area contributed by atoms with Crippen LogP contribution in [-0.4, -0.2) is 25.1 Å². The van der Waals surface area contributed by atoms with Crippen molar-refractivity contribution in [3.05, 3.63) is 47.1 Å². The van der Waals surface area contributed by atoms with Gasteiger partial charge >= 0.3 is 5.76 Å². The molecule has 0 saturated heterocycles. The van der Waals surface area contributed by atoms with Gasteiger partial charge in [-0.25, -0.2) is 18.2 Å². The first-order chi connectivity index (χ1) is 11.4. The van der Waals surface area contributed by atoms with E-state index in [1.807, 2.05) is 0 Å². The van der Waals surface area contributed by atoms with Gasteiger partial charge in [0.15, 0.2) is 5.58 Å². The van der Waals surface area contributed by atoms with E-state index in [1.54, 1.807) is 19.1 Å². The molecule has 9 heteroatoms. The lowest BCUT2D eigenvalue weighted by Gasteiger charge is -2.08. The Bertz CT molecular complexity index is 1040. The predicted molar refractivity (Wildman–Crippen MR) is 87.7 cm³/mol. The molecule has 0 radical (unpaired) electrons. The van der Waals surface area contributed by atoms with Gasteiger partial charge in [0.2, 0.25) is 5.88 Å². The molecule has 126 valence electrons. The normalized spacial score (nSPS) is 11.6. The van der Waals surface area contributed by atoms with Gasteiger partial charge in [0.1, 0.15) is 0 Å². The summed E-state index contributed by atoms with van der Waals surface area (Å²) in [5.74, 6) is -0.142. The molecule has 0 fully saturated rings. The largest absolute Gasteiger partial charge is 0.481 e. The van der Waals surface area contributed by atoms with Crippen LogP contribution in [0, 0.1) is 0 Å². The van der Waals surface area contributed by atoms with Gasteiger partial charge in [0, 0.05) is 18.7 Å². The number of methoxy groups -OCH3 is 1. The van der Waals surface area contributed by atoms with Crippen molar-refractivity contribution in [1.29, 1.82) is 0 Å². The van der Waals surface area contributed by atoms with Crippen LogP contribution in [-0.2, 0) is 16.6 Å². The van der Waals surface area contributed by atoms with Gasteiger partial charge in [-0.15, -0.1) is 0 Å². The smallest absolute Gasteiger partial charge is 0.419 e. The maximum Gasteiger partial charge on any atom is 0.419 e. The summed E-state index contributed by atoms with van der Waals surface area (Å²) in [7, 11) is -2.37. The zero-order chi connectivity index (χ0) is 17.3. The SMILES string of the molecule is CCn1c(=O)oc2cc(S(=O)(=O)Nc3ccc(OC)nc3)ccc21. The van der Waals surface area contributed by atoms with E-state index in [-0.39, 0.29) is 10.5 Å². The van der Waals surface area contributed by atoms with Gasteiger partial charge in [-0.05, 0) is 25.1 Å². The number of aryl methyl sites for hydroxylation is 1. The number of fused-ring (bicyclic) bond motifs is 1. The van der Waals surface area contributed by atoms with Crippen LogP contribution in [0.15, 0.2) is 50.6 Å². The van der Waals surface area contributed by atoms with Crippen molar-refractivity contribution in [3.8, 4) is 5.88 Å². The lowest BCUT2D eigenvalue weighted by Crippen LogP contribution is -2.13. The lowest BCUT2D eigenvalue weighted by molar-refractivity contribution is 0.398.